The van der Waals surface area contributed by atoms with Crippen LogP contribution in [0.4, 0.5) is 0 Å². The van der Waals surface area contributed by atoms with E-state index in [2.05, 4.69) is 15.5 Å². The number of nitrogens with zero attached hydrogens (tertiary/aromatic N) is 2. The van der Waals surface area contributed by atoms with Crippen molar-refractivity contribution in [1.82, 2.24) is 20.4 Å². The van der Waals surface area contributed by atoms with Crippen molar-refractivity contribution in [2.24, 2.45) is 0 Å². The lowest BCUT2D eigenvalue weighted by molar-refractivity contribution is -0.121. The number of hydrogen-bond donors (Lipinski definition) is 2. The number of aromatic nitrogens is 2. The maximum Gasteiger partial charge on any atom is 0.274 e. The Kier molecular flexibility index (Phi) is 5.95. The monoisotopic (exact) mass is 330 g/mol. The molecule has 0 bridgehead atoms. The summed E-state index contributed by atoms with van der Waals surface area (Å²) in [5, 5.41) is 9.39. The summed E-state index contributed by atoms with van der Waals surface area (Å²) in [5.74, 6) is 0.394. The molecular weight excluding hydrogens is 308 g/mol. The van der Waals surface area contributed by atoms with E-state index in [0.29, 0.717) is 18.0 Å². The molecule has 0 unspecified atom stereocenters. The summed E-state index contributed by atoms with van der Waals surface area (Å²) in [6, 6.07) is 10.8. The Labute approximate surface area is 141 Å². The molecule has 0 fully saturated rings. The Morgan fingerprint density at radius 3 is 2.71 bits per heavy atom. The molecule has 0 aliphatic carbocycles. The number of nitrogens with one attached hydrogen (secondary N) is 2. The largest absolute Gasteiger partial charge is 0.487 e. The minimum atomic E-state index is -0.242. The topological polar surface area (TPSA) is 87.3 Å². The summed E-state index contributed by atoms with van der Waals surface area (Å²) in [6.45, 7) is 2.11. The lowest BCUT2D eigenvalue weighted by Gasteiger charge is -2.23. The van der Waals surface area contributed by atoms with E-state index in [9.17, 15) is 9.59 Å². The zero-order valence-electron chi connectivity index (χ0n) is 14.1. The van der Waals surface area contributed by atoms with Crippen LogP contribution in [-0.2, 0) is 11.4 Å². The van der Waals surface area contributed by atoms with Gasteiger partial charge in [0, 0.05) is 26.6 Å². The van der Waals surface area contributed by atoms with Crippen LogP contribution in [-0.4, -0.2) is 47.0 Å². The minimum absolute atomic E-state index is 0.110. The predicted octanol–water partition coefficient (Wildman–Crippen LogP) is 1.59. The summed E-state index contributed by atoms with van der Waals surface area (Å²) in [6.07, 6.45) is 0.243. The van der Waals surface area contributed by atoms with Crippen molar-refractivity contribution in [2.45, 2.75) is 26.0 Å². The first-order valence-electron chi connectivity index (χ1n) is 7.71. The highest BCUT2D eigenvalue weighted by Gasteiger charge is 2.21. The Morgan fingerprint density at radius 2 is 2.04 bits per heavy atom. The first kappa shape index (κ1) is 17.5. The van der Waals surface area contributed by atoms with Gasteiger partial charge in [0.1, 0.15) is 12.4 Å². The smallest absolute Gasteiger partial charge is 0.274 e. The van der Waals surface area contributed by atoms with Crippen LogP contribution in [0, 0.1) is 0 Å². The van der Waals surface area contributed by atoms with Gasteiger partial charge in [-0.05, 0) is 25.1 Å². The SMILES string of the molecule is CNC(=O)C[C@H](C)N(C)C(=O)c1cc(COc2ccccc2)[nH]n1. The highest BCUT2D eigenvalue weighted by molar-refractivity contribution is 5.92. The molecule has 7 heteroatoms. The molecule has 1 aromatic heterocycles. The van der Waals surface area contributed by atoms with Gasteiger partial charge in [0.05, 0.1) is 5.69 Å². The second-order valence-corrected chi connectivity index (χ2v) is 5.52. The maximum atomic E-state index is 12.4. The quantitative estimate of drug-likeness (QED) is 0.807. The Balaban J connectivity index is 1.93. The van der Waals surface area contributed by atoms with E-state index in [-0.39, 0.29) is 24.3 Å². The zero-order chi connectivity index (χ0) is 17.5. The normalized spacial score (nSPS) is 11.6. The maximum absolute atomic E-state index is 12.4. The van der Waals surface area contributed by atoms with E-state index in [1.54, 1.807) is 20.2 Å². The van der Waals surface area contributed by atoms with Crippen molar-refractivity contribution in [3.05, 3.63) is 47.8 Å². The second kappa shape index (κ2) is 8.14. The van der Waals surface area contributed by atoms with Crippen molar-refractivity contribution in [1.29, 1.82) is 0 Å². The summed E-state index contributed by atoms with van der Waals surface area (Å²) < 4.78 is 5.61. The number of H-pyrrole nitrogens is 1. The van der Waals surface area contributed by atoms with Crippen LogP contribution in [0.5, 0.6) is 5.75 Å². The summed E-state index contributed by atoms with van der Waals surface area (Å²) >= 11 is 0. The molecule has 1 heterocycles. The molecule has 1 atom stereocenters. The van der Waals surface area contributed by atoms with Gasteiger partial charge in [0.25, 0.3) is 5.91 Å². The fourth-order valence-corrected chi connectivity index (χ4v) is 2.11. The van der Waals surface area contributed by atoms with Gasteiger partial charge in [-0.2, -0.15) is 5.10 Å². The van der Waals surface area contributed by atoms with Crippen LogP contribution in [0.2, 0.25) is 0 Å². The number of carbonyl (C=O) groups excluding carboxylic acids is 2. The molecule has 0 aliphatic heterocycles. The van der Waals surface area contributed by atoms with Gasteiger partial charge < -0.3 is 15.0 Å². The molecule has 2 rings (SSSR count). The number of ether oxygens (including phenoxy) is 1. The third-order valence-electron chi connectivity index (χ3n) is 3.73. The highest BCUT2D eigenvalue weighted by Crippen LogP contribution is 2.12. The third-order valence-corrected chi connectivity index (χ3v) is 3.73. The van der Waals surface area contributed by atoms with Gasteiger partial charge in [0.15, 0.2) is 5.69 Å². The third kappa shape index (κ3) is 4.58. The van der Waals surface area contributed by atoms with Crippen molar-refractivity contribution >= 4 is 11.8 Å². The molecule has 7 nitrogen and oxygen atoms in total. The highest BCUT2D eigenvalue weighted by atomic mass is 16.5. The van der Waals surface area contributed by atoms with Gasteiger partial charge in [-0.25, -0.2) is 0 Å². The molecule has 0 spiro atoms. The molecule has 24 heavy (non-hydrogen) atoms. The summed E-state index contributed by atoms with van der Waals surface area (Å²) in [7, 11) is 3.23. The number of rotatable bonds is 7. The van der Waals surface area contributed by atoms with E-state index >= 15 is 0 Å². The molecule has 0 radical (unpaired) electrons. The average molecular weight is 330 g/mol. The molecule has 0 saturated heterocycles. The van der Waals surface area contributed by atoms with Crippen LogP contribution < -0.4 is 10.1 Å². The van der Waals surface area contributed by atoms with Crippen LogP contribution >= 0.6 is 0 Å². The molecular formula is C17H22N4O3. The van der Waals surface area contributed by atoms with Crippen molar-refractivity contribution in [3.8, 4) is 5.75 Å². The van der Waals surface area contributed by atoms with Crippen LogP contribution in [0.3, 0.4) is 0 Å². The van der Waals surface area contributed by atoms with E-state index in [1.165, 1.54) is 4.90 Å². The predicted molar refractivity (Wildman–Crippen MR) is 89.6 cm³/mol. The van der Waals surface area contributed by atoms with Gasteiger partial charge in [-0.1, -0.05) is 18.2 Å². The first-order chi connectivity index (χ1) is 11.5. The number of para-hydroxylation sites is 1. The first-order valence-corrected chi connectivity index (χ1v) is 7.71. The fourth-order valence-electron chi connectivity index (χ4n) is 2.11. The Bertz CT molecular complexity index is 684. The average Bonchev–Trinajstić information content (AvgIpc) is 3.08. The summed E-state index contributed by atoms with van der Waals surface area (Å²) in [4.78, 5) is 25.3. The van der Waals surface area contributed by atoms with E-state index in [1.807, 2.05) is 37.3 Å². The van der Waals surface area contributed by atoms with E-state index in [0.717, 1.165) is 5.75 Å². The molecule has 1 aromatic carbocycles. The Hall–Kier alpha value is -2.83. The number of aromatic amines is 1. The summed E-state index contributed by atoms with van der Waals surface area (Å²) in [5.41, 5.74) is 1.00. The Morgan fingerprint density at radius 1 is 1.33 bits per heavy atom. The molecule has 2 N–H and O–H groups in total. The lowest BCUT2D eigenvalue weighted by Crippen LogP contribution is -2.38. The number of benzene rings is 1. The van der Waals surface area contributed by atoms with Crippen LogP contribution in [0.25, 0.3) is 0 Å². The molecule has 128 valence electrons. The van der Waals surface area contributed by atoms with Gasteiger partial charge in [-0.15, -0.1) is 0 Å². The fraction of sp³-hybridized carbons (Fsp3) is 0.353. The number of carbonyl (C=O) groups is 2. The second-order valence-electron chi connectivity index (χ2n) is 5.52. The van der Waals surface area contributed by atoms with Gasteiger partial charge in [-0.3, -0.25) is 14.7 Å². The minimum Gasteiger partial charge on any atom is -0.487 e. The molecule has 2 amide bonds. The van der Waals surface area contributed by atoms with Gasteiger partial charge >= 0.3 is 0 Å². The number of hydrogen-bond acceptors (Lipinski definition) is 4. The van der Waals surface area contributed by atoms with Crippen molar-refractivity contribution in [3.63, 3.8) is 0 Å². The molecule has 0 aliphatic rings. The number of amides is 2. The van der Waals surface area contributed by atoms with Crippen molar-refractivity contribution in [2.75, 3.05) is 14.1 Å². The lowest BCUT2D eigenvalue weighted by atomic mass is 10.2. The van der Waals surface area contributed by atoms with E-state index in [4.69, 9.17) is 4.74 Å². The van der Waals surface area contributed by atoms with Crippen LogP contribution in [0.1, 0.15) is 29.5 Å². The zero-order valence-corrected chi connectivity index (χ0v) is 14.1. The van der Waals surface area contributed by atoms with E-state index < -0.39 is 0 Å². The standard InChI is InChI=1S/C17H22N4O3/c1-12(9-16(22)18-2)21(3)17(23)15-10-13(19-20-15)11-24-14-7-5-4-6-8-14/h4-8,10,12H,9,11H2,1-3H3,(H,18,22)(H,19,20)/t12-/m0/s1. The molecule has 0 saturated carbocycles. The van der Waals surface area contributed by atoms with Crippen LogP contribution in [0.15, 0.2) is 36.4 Å². The van der Waals surface area contributed by atoms with Gasteiger partial charge in [0.2, 0.25) is 5.91 Å². The van der Waals surface area contributed by atoms with Crippen molar-refractivity contribution < 1.29 is 14.3 Å². The molecule has 2 aromatic rings.